The minimum Gasteiger partial charge on any atom is -0.321 e. The van der Waals surface area contributed by atoms with Gasteiger partial charge in [-0.25, -0.2) is 4.68 Å². The van der Waals surface area contributed by atoms with Gasteiger partial charge < -0.3 is 5.32 Å². The summed E-state index contributed by atoms with van der Waals surface area (Å²) < 4.78 is 1.36. The molecule has 1 saturated heterocycles. The van der Waals surface area contributed by atoms with Gasteiger partial charge in [-0.2, -0.15) is 5.10 Å². The summed E-state index contributed by atoms with van der Waals surface area (Å²) in [7, 11) is 0. The van der Waals surface area contributed by atoms with Crippen LogP contribution < -0.4 is 10.9 Å². The third-order valence-electron chi connectivity index (χ3n) is 5.32. The van der Waals surface area contributed by atoms with Crippen molar-refractivity contribution in [2.24, 2.45) is 5.92 Å². The molecule has 2 heterocycles. The van der Waals surface area contributed by atoms with Gasteiger partial charge in [0.1, 0.15) is 5.69 Å². The first-order valence-corrected chi connectivity index (χ1v) is 10.3. The van der Waals surface area contributed by atoms with Crippen molar-refractivity contribution in [1.29, 1.82) is 0 Å². The van der Waals surface area contributed by atoms with Gasteiger partial charge in [-0.1, -0.05) is 32.4 Å². The van der Waals surface area contributed by atoms with Gasteiger partial charge in [-0.05, 0) is 62.0 Å². The van der Waals surface area contributed by atoms with Gasteiger partial charge in [0.15, 0.2) is 0 Å². The van der Waals surface area contributed by atoms with Crippen LogP contribution in [0.1, 0.15) is 55.6 Å². The number of benzene rings is 1. The van der Waals surface area contributed by atoms with Crippen molar-refractivity contribution in [3.63, 3.8) is 0 Å². The number of piperidine rings is 1. The Balaban J connectivity index is 1.59. The lowest BCUT2D eigenvalue weighted by Crippen LogP contribution is -2.32. The quantitative estimate of drug-likeness (QED) is 0.795. The van der Waals surface area contributed by atoms with Crippen LogP contribution in [-0.4, -0.2) is 33.7 Å². The van der Waals surface area contributed by atoms with Crippen LogP contribution >= 0.6 is 0 Å². The van der Waals surface area contributed by atoms with Crippen LogP contribution in [0.25, 0.3) is 0 Å². The van der Waals surface area contributed by atoms with E-state index < -0.39 is 0 Å². The molecule has 1 fully saturated rings. The number of hydrogen-bond donors (Lipinski definition) is 1. The normalized spacial score (nSPS) is 15.5. The number of carbonyl (C=O) groups excluding carboxylic acids is 1. The number of likely N-dealkylation sites (tertiary alicyclic amines) is 1. The Hall–Kier alpha value is -2.47. The van der Waals surface area contributed by atoms with Crippen LogP contribution in [0.15, 0.2) is 41.2 Å². The molecule has 0 aliphatic carbocycles. The Morgan fingerprint density at radius 3 is 2.54 bits per heavy atom. The number of rotatable bonds is 7. The fourth-order valence-electron chi connectivity index (χ4n) is 3.41. The Morgan fingerprint density at radius 1 is 1.14 bits per heavy atom. The van der Waals surface area contributed by atoms with E-state index in [0.717, 1.165) is 44.1 Å². The molecule has 1 amide bonds. The second-order valence-corrected chi connectivity index (χ2v) is 7.74. The number of carbonyl (C=O) groups is 1. The number of aryl methyl sites for hydroxylation is 1. The lowest BCUT2D eigenvalue weighted by Gasteiger charge is -2.30. The average molecular weight is 383 g/mol. The molecule has 0 atom stereocenters. The summed E-state index contributed by atoms with van der Waals surface area (Å²) in [6.45, 7) is 8.15. The van der Waals surface area contributed by atoms with Crippen LogP contribution in [0.4, 0.5) is 5.69 Å². The molecule has 1 N–H and O–H groups in total. The van der Waals surface area contributed by atoms with E-state index in [1.54, 1.807) is 0 Å². The number of unbranched alkanes of at least 4 members (excludes halogenated alkanes) is 1. The van der Waals surface area contributed by atoms with Crippen molar-refractivity contribution in [1.82, 2.24) is 14.7 Å². The molecule has 28 heavy (non-hydrogen) atoms. The van der Waals surface area contributed by atoms with Crippen LogP contribution in [0, 0.1) is 5.92 Å². The molecule has 0 unspecified atom stereocenters. The minimum absolute atomic E-state index is 0.179. The third kappa shape index (κ3) is 5.52. The molecule has 0 saturated carbocycles. The maximum Gasteiger partial charge on any atom is 0.276 e. The maximum absolute atomic E-state index is 12.5. The maximum atomic E-state index is 12.5. The van der Waals surface area contributed by atoms with Crippen molar-refractivity contribution < 1.29 is 4.79 Å². The predicted molar refractivity (Wildman–Crippen MR) is 111 cm³/mol. The van der Waals surface area contributed by atoms with Crippen LogP contribution in [0.5, 0.6) is 0 Å². The fraction of sp³-hybridized carbons (Fsp3) is 0.500. The molecule has 3 rings (SSSR count). The molecule has 1 aromatic heterocycles. The van der Waals surface area contributed by atoms with E-state index in [1.807, 2.05) is 12.1 Å². The summed E-state index contributed by atoms with van der Waals surface area (Å²) in [5, 5.41) is 7.06. The number of nitrogens with zero attached hydrogens (tertiary/aromatic N) is 3. The Morgan fingerprint density at radius 2 is 1.86 bits per heavy atom. The summed E-state index contributed by atoms with van der Waals surface area (Å²) >= 11 is 0. The topological polar surface area (TPSA) is 67.2 Å². The second-order valence-electron chi connectivity index (χ2n) is 7.74. The molecule has 1 aliphatic rings. The van der Waals surface area contributed by atoms with Crippen LogP contribution in [0.3, 0.4) is 0 Å². The highest BCUT2D eigenvalue weighted by molar-refractivity contribution is 6.02. The van der Waals surface area contributed by atoms with E-state index in [-0.39, 0.29) is 17.2 Å². The molecule has 6 nitrogen and oxygen atoms in total. The van der Waals surface area contributed by atoms with E-state index in [2.05, 4.69) is 41.3 Å². The van der Waals surface area contributed by atoms with E-state index in [0.29, 0.717) is 6.54 Å². The van der Waals surface area contributed by atoms with Crippen molar-refractivity contribution in [2.45, 2.75) is 52.6 Å². The first-order chi connectivity index (χ1) is 13.5. The van der Waals surface area contributed by atoms with Gasteiger partial charge in [-0.15, -0.1) is 0 Å². The summed E-state index contributed by atoms with van der Waals surface area (Å²) in [6, 6.07) is 10.8. The number of nitrogens with one attached hydrogen (secondary N) is 1. The predicted octanol–water partition coefficient (Wildman–Crippen LogP) is 3.53. The van der Waals surface area contributed by atoms with Crippen LogP contribution in [0.2, 0.25) is 0 Å². The number of amides is 1. The summed E-state index contributed by atoms with van der Waals surface area (Å²) in [4.78, 5) is 26.8. The molecular weight excluding hydrogens is 352 g/mol. The SMILES string of the molecule is CCCCn1nc(C(=O)Nc2ccc(CN3CCC(C)CC3)cc2)ccc1=O. The number of hydrogen-bond acceptors (Lipinski definition) is 4. The highest BCUT2D eigenvalue weighted by Crippen LogP contribution is 2.19. The Kier molecular flexibility index (Phi) is 6.98. The second kappa shape index (κ2) is 9.64. The van der Waals surface area contributed by atoms with Gasteiger partial charge in [0.2, 0.25) is 0 Å². The monoisotopic (exact) mass is 382 g/mol. The molecule has 1 aliphatic heterocycles. The molecule has 0 spiro atoms. The van der Waals surface area contributed by atoms with E-state index >= 15 is 0 Å². The molecular formula is C22H30N4O2. The highest BCUT2D eigenvalue weighted by atomic mass is 16.2. The number of anilines is 1. The average Bonchev–Trinajstić information content (AvgIpc) is 2.70. The zero-order valence-corrected chi connectivity index (χ0v) is 16.9. The first-order valence-electron chi connectivity index (χ1n) is 10.3. The zero-order chi connectivity index (χ0) is 19.9. The van der Waals surface area contributed by atoms with Crippen LogP contribution in [-0.2, 0) is 13.1 Å². The van der Waals surface area contributed by atoms with Crippen molar-refractivity contribution >= 4 is 11.6 Å². The summed E-state index contributed by atoms with van der Waals surface area (Å²) in [5.74, 6) is 0.529. The summed E-state index contributed by atoms with van der Waals surface area (Å²) in [5.41, 5.74) is 2.05. The van der Waals surface area contributed by atoms with Crippen molar-refractivity contribution in [2.75, 3.05) is 18.4 Å². The standard InChI is InChI=1S/C22H30N4O2/c1-3-4-13-26-21(27)10-9-20(24-26)22(28)23-19-7-5-18(6-8-19)16-25-14-11-17(2)12-15-25/h5-10,17H,3-4,11-16H2,1-2H3,(H,23,28). The first kappa shape index (κ1) is 20.3. The molecule has 150 valence electrons. The van der Waals surface area contributed by atoms with E-state index in [4.69, 9.17) is 0 Å². The fourth-order valence-corrected chi connectivity index (χ4v) is 3.41. The highest BCUT2D eigenvalue weighted by Gasteiger charge is 2.16. The lowest BCUT2D eigenvalue weighted by molar-refractivity contribution is 0.101. The van der Waals surface area contributed by atoms with Gasteiger partial charge in [0.05, 0.1) is 0 Å². The van der Waals surface area contributed by atoms with E-state index in [9.17, 15) is 9.59 Å². The Bertz CT molecular complexity index is 836. The largest absolute Gasteiger partial charge is 0.321 e. The number of aromatic nitrogens is 2. The third-order valence-corrected chi connectivity index (χ3v) is 5.32. The molecule has 0 bridgehead atoms. The smallest absolute Gasteiger partial charge is 0.276 e. The molecule has 2 aromatic rings. The summed E-state index contributed by atoms with van der Waals surface area (Å²) in [6.07, 6.45) is 4.35. The van der Waals surface area contributed by atoms with Gasteiger partial charge >= 0.3 is 0 Å². The minimum atomic E-state index is -0.303. The van der Waals surface area contributed by atoms with E-state index in [1.165, 1.54) is 35.2 Å². The van der Waals surface area contributed by atoms with Gasteiger partial charge in [-0.3, -0.25) is 14.5 Å². The zero-order valence-electron chi connectivity index (χ0n) is 16.9. The lowest BCUT2D eigenvalue weighted by atomic mass is 9.99. The Labute approximate surface area is 166 Å². The van der Waals surface area contributed by atoms with Crippen molar-refractivity contribution in [3.8, 4) is 0 Å². The molecule has 1 aromatic carbocycles. The molecule has 0 radical (unpaired) electrons. The molecule has 6 heteroatoms. The van der Waals surface area contributed by atoms with Gasteiger partial charge in [0.25, 0.3) is 11.5 Å². The van der Waals surface area contributed by atoms with Crippen molar-refractivity contribution in [3.05, 3.63) is 58.0 Å². The van der Waals surface area contributed by atoms with Gasteiger partial charge in [0, 0.05) is 24.8 Å².